The highest BCUT2D eigenvalue weighted by atomic mass is 79.9. The molecule has 1 aromatic carbocycles. The molecule has 2 rings (SSSR count). The maximum atomic E-state index is 5.58. The van der Waals surface area contributed by atoms with E-state index in [0.717, 1.165) is 41.2 Å². The first-order chi connectivity index (χ1) is 10.2. The van der Waals surface area contributed by atoms with Crippen LogP contribution < -0.4 is 14.8 Å². The Bertz CT molecular complexity index is 560. The largest absolute Gasteiger partial charge is 0.493 e. The summed E-state index contributed by atoms with van der Waals surface area (Å²) in [7, 11) is 1.65. The quantitative estimate of drug-likeness (QED) is 0.736. The van der Waals surface area contributed by atoms with Gasteiger partial charge in [0.2, 0.25) is 0 Å². The van der Waals surface area contributed by atoms with Gasteiger partial charge in [-0.2, -0.15) is 0 Å². The van der Waals surface area contributed by atoms with Crippen LogP contribution in [0.3, 0.4) is 0 Å². The number of benzene rings is 1. The predicted molar refractivity (Wildman–Crippen MR) is 83.6 cm³/mol. The summed E-state index contributed by atoms with van der Waals surface area (Å²) in [5.41, 5.74) is 1.13. The van der Waals surface area contributed by atoms with E-state index in [2.05, 4.69) is 31.6 Å². The normalized spacial score (nSPS) is 10.6. The van der Waals surface area contributed by atoms with Crippen molar-refractivity contribution in [1.29, 1.82) is 0 Å². The average molecular weight is 355 g/mol. The predicted octanol–water partition coefficient (Wildman–Crippen LogP) is 2.24. The minimum Gasteiger partial charge on any atom is -0.493 e. The van der Waals surface area contributed by atoms with Crippen molar-refractivity contribution >= 4 is 15.9 Å². The summed E-state index contributed by atoms with van der Waals surface area (Å²) in [6.45, 7) is 4.90. The molecule has 0 saturated carbocycles. The second kappa shape index (κ2) is 7.99. The molecule has 0 radical (unpaired) electrons. The molecule has 0 aliphatic heterocycles. The summed E-state index contributed by atoms with van der Waals surface area (Å²) in [4.78, 5) is 0. The molecule has 0 amide bonds. The second-order valence-corrected chi connectivity index (χ2v) is 5.24. The van der Waals surface area contributed by atoms with Crippen LogP contribution in [0.2, 0.25) is 0 Å². The van der Waals surface area contributed by atoms with Crippen LogP contribution in [-0.4, -0.2) is 35.3 Å². The molecule has 0 atom stereocenters. The van der Waals surface area contributed by atoms with Gasteiger partial charge in [0.15, 0.2) is 11.5 Å². The zero-order valence-electron chi connectivity index (χ0n) is 12.2. The zero-order valence-corrected chi connectivity index (χ0v) is 13.8. The summed E-state index contributed by atoms with van der Waals surface area (Å²) in [5.74, 6) is 1.48. The summed E-state index contributed by atoms with van der Waals surface area (Å²) in [6, 6.07) is 4.02. The number of methoxy groups -OCH3 is 1. The molecular formula is C14H19BrN4O2. The number of aromatic nitrogens is 3. The standard InChI is InChI=1S/C14H19BrN4O2/c1-3-21-14-12(15)8-11(9-13(14)20-2)10-16-4-6-19-7-5-17-18-19/h5,7-9,16H,3-4,6,10H2,1-2H3. The van der Waals surface area contributed by atoms with Crippen LogP contribution in [0.25, 0.3) is 0 Å². The third-order valence-corrected chi connectivity index (χ3v) is 3.49. The van der Waals surface area contributed by atoms with Crippen molar-refractivity contribution < 1.29 is 9.47 Å². The van der Waals surface area contributed by atoms with E-state index >= 15 is 0 Å². The van der Waals surface area contributed by atoms with Gasteiger partial charge in [-0.15, -0.1) is 5.10 Å². The Balaban J connectivity index is 1.92. The molecule has 0 aliphatic carbocycles. The molecule has 114 valence electrons. The first kappa shape index (κ1) is 15.8. The minimum atomic E-state index is 0.602. The maximum absolute atomic E-state index is 5.58. The van der Waals surface area contributed by atoms with E-state index in [4.69, 9.17) is 9.47 Å². The molecule has 0 spiro atoms. The van der Waals surface area contributed by atoms with E-state index in [0.29, 0.717) is 6.61 Å². The fourth-order valence-electron chi connectivity index (χ4n) is 1.94. The van der Waals surface area contributed by atoms with Gasteiger partial charge >= 0.3 is 0 Å². The van der Waals surface area contributed by atoms with Gasteiger partial charge < -0.3 is 14.8 Å². The topological polar surface area (TPSA) is 61.2 Å². The molecule has 7 heteroatoms. The number of hydrogen-bond donors (Lipinski definition) is 1. The third kappa shape index (κ3) is 4.44. The van der Waals surface area contributed by atoms with E-state index in [9.17, 15) is 0 Å². The van der Waals surface area contributed by atoms with Gasteiger partial charge in [-0.3, -0.25) is 4.68 Å². The first-order valence-corrected chi connectivity index (χ1v) is 7.58. The molecule has 0 fully saturated rings. The minimum absolute atomic E-state index is 0.602. The number of ether oxygens (including phenoxy) is 2. The van der Waals surface area contributed by atoms with Gasteiger partial charge in [-0.25, -0.2) is 0 Å². The van der Waals surface area contributed by atoms with Crippen molar-refractivity contribution in [1.82, 2.24) is 20.3 Å². The number of rotatable bonds is 8. The molecule has 0 bridgehead atoms. The van der Waals surface area contributed by atoms with Crippen LogP contribution in [0.15, 0.2) is 29.0 Å². The molecular weight excluding hydrogens is 336 g/mol. The SMILES string of the molecule is CCOc1c(Br)cc(CNCCn2ccnn2)cc1OC. The van der Waals surface area contributed by atoms with Crippen LogP contribution >= 0.6 is 15.9 Å². The van der Waals surface area contributed by atoms with Crippen molar-refractivity contribution in [2.24, 2.45) is 0 Å². The van der Waals surface area contributed by atoms with E-state index in [1.165, 1.54) is 0 Å². The van der Waals surface area contributed by atoms with Gasteiger partial charge in [0, 0.05) is 19.3 Å². The summed E-state index contributed by atoms with van der Waals surface area (Å²) in [6.07, 6.45) is 3.52. The van der Waals surface area contributed by atoms with E-state index in [1.807, 2.05) is 25.3 Å². The van der Waals surface area contributed by atoms with E-state index < -0.39 is 0 Å². The number of hydrogen-bond acceptors (Lipinski definition) is 5. The third-order valence-electron chi connectivity index (χ3n) is 2.90. The van der Waals surface area contributed by atoms with Crippen molar-refractivity contribution in [3.63, 3.8) is 0 Å². The molecule has 0 saturated heterocycles. The summed E-state index contributed by atoms with van der Waals surface area (Å²) >= 11 is 3.53. The number of nitrogens with zero attached hydrogens (tertiary/aromatic N) is 3. The van der Waals surface area contributed by atoms with Crippen molar-refractivity contribution in [2.75, 3.05) is 20.3 Å². The maximum Gasteiger partial charge on any atom is 0.175 e. The molecule has 0 unspecified atom stereocenters. The van der Waals surface area contributed by atoms with E-state index in [-0.39, 0.29) is 0 Å². The lowest BCUT2D eigenvalue weighted by atomic mass is 10.2. The smallest absolute Gasteiger partial charge is 0.175 e. The average Bonchev–Trinajstić information content (AvgIpc) is 2.99. The Kier molecular flexibility index (Phi) is 6.01. The van der Waals surface area contributed by atoms with Gasteiger partial charge in [-0.1, -0.05) is 5.21 Å². The summed E-state index contributed by atoms with van der Waals surface area (Å²) < 4.78 is 13.7. The highest BCUT2D eigenvalue weighted by Gasteiger charge is 2.11. The molecule has 1 heterocycles. The Morgan fingerprint density at radius 1 is 1.38 bits per heavy atom. The van der Waals surface area contributed by atoms with Crippen LogP contribution in [0.5, 0.6) is 11.5 Å². The van der Waals surface area contributed by atoms with Crippen LogP contribution in [0, 0.1) is 0 Å². The Hall–Kier alpha value is -1.60. The lowest BCUT2D eigenvalue weighted by Gasteiger charge is -2.13. The van der Waals surface area contributed by atoms with Crippen LogP contribution in [-0.2, 0) is 13.1 Å². The van der Waals surface area contributed by atoms with E-state index in [1.54, 1.807) is 18.0 Å². The highest BCUT2D eigenvalue weighted by molar-refractivity contribution is 9.10. The first-order valence-electron chi connectivity index (χ1n) is 6.78. The van der Waals surface area contributed by atoms with Gasteiger partial charge in [0.1, 0.15) is 0 Å². The van der Waals surface area contributed by atoms with Gasteiger partial charge in [-0.05, 0) is 40.5 Å². The fraction of sp³-hybridized carbons (Fsp3) is 0.429. The van der Waals surface area contributed by atoms with Gasteiger partial charge in [0.25, 0.3) is 0 Å². The van der Waals surface area contributed by atoms with Crippen LogP contribution in [0.4, 0.5) is 0 Å². The van der Waals surface area contributed by atoms with Gasteiger partial charge in [0.05, 0.1) is 30.9 Å². The lowest BCUT2D eigenvalue weighted by Crippen LogP contribution is -2.20. The Labute approximate surface area is 132 Å². The fourth-order valence-corrected chi connectivity index (χ4v) is 2.54. The lowest BCUT2D eigenvalue weighted by molar-refractivity contribution is 0.308. The number of nitrogens with one attached hydrogen (secondary N) is 1. The van der Waals surface area contributed by atoms with Crippen molar-refractivity contribution in [3.8, 4) is 11.5 Å². The molecule has 2 aromatic rings. The Morgan fingerprint density at radius 3 is 2.90 bits per heavy atom. The molecule has 1 aromatic heterocycles. The Morgan fingerprint density at radius 2 is 2.24 bits per heavy atom. The highest BCUT2D eigenvalue weighted by Crippen LogP contribution is 2.36. The summed E-state index contributed by atoms with van der Waals surface area (Å²) in [5, 5.41) is 11.1. The second-order valence-electron chi connectivity index (χ2n) is 4.38. The van der Waals surface area contributed by atoms with Crippen molar-refractivity contribution in [3.05, 3.63) is 34.6 Å². The molecule has 1 N–H and O–H groups in total. The molecule has 6 nitrogen and oxygen atoms in total. The monoisotopic (exact) mass is 354 g/mol. The number of halogens is 1. The molecule has 0 aliphatic rings. The van der Waals surface area contributed by atoms with Crippen molar-refractivity contribution in [2.45, 2.75) is 20.0 Å². The zero-order chi connectivity index (χ0) is 15.1. The van der Waals surface area contributed by atoms with Crippen LogP contribution in [0.1, 0.15) is 12.5 Å². The molecule has 21 heavy (non-hydrogen) atoms.